The van der Waals surface area contributed by atoms with Crippen LogP contribution in [0.1, 0.15) is 10.5 Å². The van der Waals surface area contributed by atoms with E-state index in [-0.39, 0.29) is 11.9 Å². The monoisotopic (exact) mass is 267 g/mol. The summed E-state index contributed by atoms with van der Waals surface area (Å²) >= 11 is 3.23. The summed E-state index contributed by atoms with van der Waals surface area (Å²) in [5.74, 6) is -0.137. The van der Waals surface area contributed by atoms with Gasteiger partial charge in [-0.25, -0.2) is 4.98 Å². The Morgan fingerprint density at radius 2 is 2.33 bits per heavy atom. The fourth-order valence-electron chi connectivity index (χ4n) is 0.973. The number of nitrogens with one attached hydrogen (secondary N) is 2. The molecule has 0 aliphatic heterocycles. The summed E-state index contributed by atoms with van der Waals surface area (Å²) in [6, 6.07) is 1.66. The molecule has 7 heteroatoms. The van der Waals surface area contributed by atoms with Crippen LogP contribution in [0.25, 0.3) is 0 Å². The number of hydrogen-bond acceptors (Lipinski definition) is 4. The van der Waals surface area contributed by atoms with Crippen LogP contribution >= 0.6 is 15.9 Å². The first-order chi connectivity index (χ1) is 7.25. The van der Waals surface area contributed by atoms with Crippen molar-refractivity contribution in [3.63, 3.8) is 0 Å². The molecule has 0 bridgehead atoms. The number of rotatable bonds is 2. The smallest absolute Gasteiger partial charge is 0.274 e. The van der Waals surface area contributed by atoms with Crippen LogP contribution < -0.4 is 5.32 Å². The predicted octanol–water partition coefficient (Wildman–Crippen LogP) is 1.21. The van der Waals surface area contributed by atoms with E-state index in [0.29, 0.717) is 5.69 Å². The minimum Gasteiger partial charge on any atom is -0.356 e. The van der Waals surface area contributed by atoms with Gasteiger partial charge in [-0.05, 0) is 22.0 Å². The molecule has 2 rings (SSSR count). The highest BCUT2D eigenvalue weighted by molar-refractivity contribution is 9.10. The van der Waals surface area contributed by atoms with Gasteiger partial charge in [0.05, 0.1) is 12.4 Å². The lowest BCUT2D eigenvalue weighted by Gasteiger charge is -1.98. The van der Waals surface area contributed by atoms with E-state index >= 15 is 0 Å². The first kappa shape index (κ1) is 9.78. The SMILES string of the molecule is O=C(Nc1nccnn1)c1cc(Br)c[nH]1. The van der Waals surface area contributed by atoms with E-state index in [0.717, 1.165) is 4.47 Å². The summed E-state index contributed by atoms with van der Waals surface area (Å²) < 4.78 is 0.805. The van der Waals surface area contributed by atoms with Crippen molar-refractivity contribution in [2.45, 2.75) is 0 Å². The molecule has 0 atom stereocenters. The molecular weight excluding hydrogens is 262 g/mol. The normalized spacial score (nSPS) is 9.93. The second-order valence-corrected chi connectivity index (χ2v) is 3.57. The second kappa shape index (κ2) is 4.18. The molecular formula is C8H6BrN5O. The highest BCUT2D eigenvalue weighted by Crippen LogP contribution is 2.11. The van der Waals surface area contributed by atoms with Crippen LogP contribution in [0.3, 0.4) is 0 Å². The molecule has 2 aromatic heterocycles. The van der Waals surface area contributed by atoms with E-state index in [1.807, 2.05) is 0 Å². The molecule has 0 aliphatic carbocycles. The number of aromatic amines is 1. The van der Waals surface area contributed by atoms with E-state index < -0.39 is 0 Å². The number of carbonyl (C=O) groups excluding carboxylic acids is 1. The number of H-pyrrole nitrogens is 1. The first-order valence-electron chi connectivity index (χ1n) is 4.04. The van der Waals surface area contributed by atoms with Crippen molar-refractivity contribution in [1.82, 2.24) is 20.2 Å². The molecule has 2 aromatic rings. The van der Waals surface area contributed by atoms with Gasteiger partial charge in [0.15, 0.2) is 0 Å². The Hall–Kier alpha value is -1.76. The van der Waals surface area contributed by atoms with Crippen LogP contribution in [0.5, 0.6) is 0 Å². The maximum Gasteiger partial charge on any atom is 0.274 e. The van der Waals surface area contributed by atoms with Gasteiger partial charge in [0, 0.05) is 10.7 Å². The maximum absolute atomic E-state index is 11.6. The first-order valence-corrected chi connectivity index (χ1v) is 4.84. The van der Waals surface area contributed by atoms with Gasteiger partial charge in [-0.15, -0.1) is 5.10 Å². The van der Waals surface area contributed by atoms with Gasteiger partial charge in [-0.1, -0.05) is 0 Å². The molecule has 0 spiro atoms. The van der Waals surface area contributed by atoms with E-state index in [1.165, 1.54) is 12.4 Å². The van der Waals surface area contributed by atoms with E-state index in [4.69, 9.17) is 0 Å². The van der Waals surface area contributed by atoms with E-state index in [9.17, 15) is 4.79 Å². The number of amides is 1. The summed E-state index contributed by atoms with van der Waals surface area (Å²) in [6.45, 7) is 0. The van der Waals surface area contributed by atoms with Crippen LogP contribution in [0.4, 0.5) is 5.95 Å². The van der Waals surface area contributed by atoms with Gasteiger partial charge in [0.25, 0.3) is 5.91 Å². The Balaban J connectivity index is 2.11. The molecule has 0 aromatic carbocycles. The third kappa shape index (κ3) is 2.38. The highest BCUT2D eigenvalue weighted by Gasteiger charge is 2.09. The Morgan fingerprint density at radius 1 is 1.47 bits per heavy atom. The lowest BCUT2D eigenvalue weighted by Crippen LogP contribution is -2.14. The molecule has 76 valence electrons. The molecule has 15 heavy (non-hydrogen) atoms. The minimum atomic E-state index is -0.311. The van der Waals surface area contributed by atoms with Gasteiger partial charge in [-0.3, -0.25) is 10.1 Å². The summed E-state index contributed by atoms with van der Waals surface area (Å²) in [4.78, 5) is 18.2. The third-order valence-corrected chi connectivity index (χ3v) is 2.06. The molecule has 0 saturated heterocycles. The number of hydrogen-bond donors (Lipinski definition) is 2. The molecule has 2 N–H and O–H groups in total. The second-order valence-electron chi connectivity index (χ2n) is 2.65. The zero-order valence-electron chi connectivity index (χ0n) is 7.44. The quantitative estimate of drug-likeness (QED) is 0.857. The number of nitrogens with zero attached hydrogens (tertiary/aromatic N) is 3. The summed E-state index contributed by atoms with van der Waals surface area (Å²) in [7, 11) is 0. The molecule has 6 nitrogen and oxygen atoms in total. The van der Waals surface area contributed by atoms with Gasteiger partial charge >= 0.3 is 0 Å². The molecule has 1 amide bonds. The zero-order valence-corrected chi connectivity index (χ0v) is 9.02. The van der Waals surface area contributed by atoms with Crippen molar-refractivity contribution in [2.24, 2.45) is 0 Å². The van der Waals surface area contributed by atoms with Crippen molar-refractivity contribution in [1.29, 1.82) is 0 Å². The van der Waals surface area contributed by atoms with Gasteiger partial charge in [0.2, 0.25) is 5.95 Å². The standard InChI is InChI=1S/C8H6BrN5O/c9-5-3-6(11-4-5)7(15)13-8-10-1-2-12-14-8/h1-4,11H,(H,10,13,14,15). The lowest BCUT2D eigenvalue weighted by atomic mass is 10.4. The van der Waals surface area contributed by atoms with Crippen molar-refractivity contribution < 1.29 is 4.79 Å². The average Bonchev–Trinajstić information content (AvgIpc) is 2.66. The van der Waals surface area contributed by atoms with Crippen LogP contribution in [-0.4, -0.2) is 26.1 Å². The van der Waals surface area contributed by atoms with Crippen LogP contribution in [0.15, 0.2) is 29.1 Å². The van der Waals surface area contributed by atoms with Crippen molar-refractivity contribution in [2.75, 3.05) is 5.32 Å². The van der Waals surface area contributed by atoms with E-state index in [2.05, 4.69) is 41.4 Å². The Bertz CT molecular complexity index is 469. The molecule has 2 heterocycles. The number of anilines is 1. The molecule has 0 radical (unpaired) electrons. The number of aromatic nitrogens is 4. The van der Waals surface area contributed by atoms with Gasteiger partial charge < -0.3 is 4.98 Å². The number of halogens is 1. The van der Waals surface area contributed by atoms with E-state index in [1.54, 1.807) is 12.3 Å². The number of carbonyl (C=O) groups is 1. The van der Waals surface area contributed by atoms with Crippen molar-refractivity contribution >= 4 is 27.8 Å². The lowest BCUT2D eigenvalue weighted by molar-refractivity contribution is 0.102. The van der Waals surface area contributed by atoms with Crippen LogP contribution in [0, 0.1) is 0 Å². The van der Waals surface area contributed by atoms with Crippen LogP contribution in [0.2, 0.25) is 0 Å². The Kier molecular flexibility index (Phi) is 2.72. The summed E-state index contributed by atoms with van der Waals surface area (Å²) in [5.41, 5.74) is 0.425. The summed E-state index contributed by atoms with van der Waals surface area (Å²) in [5, 5.41) is 9.72. The van der Waals surface area contributed by atoms with Crippen LogP contribution in [-0.2, 0) is 0 Å². The molecule has 0 fully saturated rings. The fraction of sp³-hybridized carbons (Fsp3) is 0. The Labute approximate surface area is 93.3 Å². The van der Waals surface area contributed by atoms with Crippen molar-refractivity contribution in [3.8, 4) is 0 Å². The molecule has 0 unspecified atom stereocenters. The third-order valence-electron chi connectivity index (χ3n) is 1.60. The van der Waals surface area contributed by atoms with Gasteiger partial charge in [0.1, 0.15) is 5.69 Å². The highest BCUT2D eigenvalue weighted by atomic mass is 79.9. The predicted molar refractivity (Wildman–Crippen MR) is 56.3 cm³/mol. The van der Waals surface area contributed by atoms with Gasteiger partial charge in [-0.2, -0.15) is 5.10 Å². The Morgan fingerprint density at radius 3 is 2.93 bits per heavy atom. The molecule has 0 saturated carbocycles. The largest absolute Gasteiger partial charge is 0.356 e. The molecule has 0 aliphatic rings. The maximum atomic E-state index is 11.6. The fourth-order valence-corrected chi connectivity index (χ4v) is 1.32. The van der Waals surface area contributed by atoms with Crippen molar-refractivity contribution in [3.05, 3.63) is 34.8 Å². The average molecular weight is 268 g/mol. The topological polar surface area (TPSA) is 83.6 Å². The zero-order chi connectivity index (χ0) is 10.7. The summed E-state index contributed by atoms with van der Waals surface area (Å²) in [6.07, 6.45) is 4.55. The minimum absolute atomic E-state index is 0.174.